The Morgan fingerprint density at radius 2 is 2.50 bits per heavy atom. The fourth-order valence-electron chi connectivity index (χ4n) is 0.356. The maximum Gasteiger partial charge on any atom is 0.0455 e. The van der Waals surface area contributed by atoms with Crippen LogP contribution in [0.3, 0.4) is 0 Å². The molecule has 0 aliphatic heterocycles. The average Bonchev–Trinajstić information content (AvgIpc) is 1.67. The second-order valence-electron chi connectivity index (χ2n) is 1.81. The van der Waals surface area contributed by atoms with Gasteiger partial charge in [-0.25, -0.2) is 0 Å². The van der Waals surface area contributed by atoms with Crippen LogP contribution in [0.2, 0.25) is 0 Å². The predicted octanol–water partition coefficient (Wildman–Crippen LogP) is 0.929. The quantitative estimate of drug-likeness (QED) is 0.414. The Morgan fingerprint density at radius 3 is 2.62 bits per heavy atom. The number of rotatable bonds is 3. The van der Waals surface area contributed by atoms with Gasteiger partial charge in [0.05, 0.1) is 0 Å². The molecule has 2 nitrogen and oxygen atoms in total. The van der Waals surface area contributed by atoms with Gasteiger partial charge in [0.25, 0.3) is 0 Å². The first-order chi connectivity index (χ1) is 3.68. The van der Waals surface area contributed by atoms with Crippen molar-refractivity contribution in [3.05, 3.63) is 12.7 Å². The molecule has 0 aromatic rings. The van der Waals surface area contributed by atoms with Crippen LogP contribution in [0.15, 0.2) is 12.7 Å². The van der Waals surface area contributed by atoms with E-state index >= 15 is 0 Å². The fourth-order valence-corrected chi connectivity index (χ4v) is 0.356. The summed E-state index contributed by atoms with van der Waals surface area (Å²) in [5.74, 6) is 0. The molecule has 0 aliphatic rings. The lowest BCUT2D eigenvalue weighted by Gasteiger charge is -2.03. The van der Waals surface area contributed by atoms with Gasteiger partial charge in [-0.15, -0.1) is 6.58 Å². The van der Waals surface area contributed by atoms with Crippen molar-refractivity contribution in [2.24, 2.45) is 5.73 Å². The molecule has 0 spiro atoms. The summed E-state index contributed by atoms with van der Waals surface area (Å²) in [7, 11) is 0. The lowest BCUT2D eigenvalue weighted by atomic mass is 10.1. The Bertz CT molecular complexity index is 96.7. The summed E-state index contributed by atoms with van der Waals surface area (Å²) in [6.45, 7) is 5.21. The molecule has 3 N–H and O–H groups in total. The van der Waals surface area contributed by atoms with Gasteiger partial charge in [0.2, 0.25) is 0 Å². The van der Waals surface area contributed by atoms with E-state index in [-0.39, 0.29) is 6.04 Å². The molecule has 8 heavy (non-hydrogen) atoms. The molecule has 1 unspecified atom stereocenters. The second-order valence-corrected chi connectivity index (χ2v) is 1.81. The number of nitrogens with one attached hydrogen (secondary N) is 1. The topological polar surface area (TPSA) is 49.9 Å². The molecule has 1 atom stereocenters. The van der Waals surface area contributed by atoms with Crippen LogP contribution in [0.25, 0.3) is 0 Å². The van der Waals surface area contributed by atoms with Crippen LogP contribution in [0.1, 0.15) is 13.3 Å². The van der Waals surface area contributed by atoms with E-state index < -0.39 is 0 Å². The number of nitrogens with two attached hydrogens (primary N) is 1. The van der Waals surface area contributed by atoms with Gasteiger partial charge in [0.15, 0.2) is 0 Å². The van der Waals surface area contributed by atoms with Crippen molar-refractivity contribution in [1.82, 2.24) is 0 Å². The molecule has 0 heterocycles. The van der Waals surface area contributed by atoms with E-state index in [2.05, 4.69) is 6.58 Å². The molecule has 0 amide bonds. The molecule has 0 saturated carbocycles. The van der Waals surface area contributed by atoms with Crippen LogP contribution in [-0.2, 0) is 0 Å². The maximum absolute atomic E-state index is 7.03. The molecule has 46 valence electrons. The highest BCUT2D eigenvalue weighted by atomic mass is 14.7. The maximum atomic E-state index is 7.03. The minimum atomic E-state index is -0.118. The monoisotopic (exact) mass is 112 g/mol. The van der Waals surface area contributed by atoms with Crippen LogP contribution in [0.5, 0.6) is 0 Å². The summed E-state index contributed by atoms with van der Waals surface area (Å²) in [5.41, 5.74) is 5.95. The minimum absolute atomic E-state index is 0.118. The lowest BCUT2D eigenvalue weighted by molar-refractivity contribution is 0.866. The van der Waals surface area contributed by atoms with E-state index in [0.717, 1.165) is 0 Å². The molecule has 0 fully saturated rings. The molecule has 0 saturated heterocycles. The van der Waals surface area contributed by atoms with Gasteiger partial charge in [-0.2, -0.15) is 0 Å². The molecular formula is C6H12N2. The molecule has 0 aliphatic carbocycles. The molecule has 0 radical (unpaired) electrons. The van der Waals surface area contributed by atoms with Crippen molar-refractivity contribution in [2.45, 2.75) is 19.4 Å². The third-order valence-electron chi connectivity index (χ3n) is 0.977. The zero-order valence-electron chi connectivity index (χ0n) is 5.15. The first-order valence-electron chi connectivity index (χ1n) is 2.60. The molecule has 0 bridgehead atoms. The molecular weight excluding hydrogens is 100 g/mol. The van der Waals surface area contributed by atoms with Crippen molar-refractivity contribution in [2.75, 3.05) is 0 Å². The first kappa shape index (κ1) is 7.37. The van der Waals surface area contributed by atoms with Crippen LogP contribution < -0.4 is 5.73 Å². The Kier molecular flexibility index (Phi) is 3.12. The van der Waals surface area contributed by atoms with Gasteiger partial charge in [0, 0.05) is 11.8 Å². The van der Waals surface area contributed by atoms with Gasteiger partial charge in [-0.1, -0.05) is 6.08 Å². The SMILES string of the molecule is C=CCC(N)C(C)=N. The van der Waals surface area contributed by atoms with Crippen LogP contribution >= 0.6 is 0 Å². The van der Waals surface area contributed by atoms with Gasteiger partial charge in [0.1, 0.15) is 0 Å². The molecule has 0 aromatic carbocycles. The summed E-state index contributed by atoms with van der Waals surface area (Å²) in [6, 6.07) is -0.118. The molecule has 2 heteroatoms. The van der Waals surface area contributed by atoms with Gasteiger partial charge < -0.3 is 11.1 Å². The third-order valence-corrected chi connectivity index (χ3v) is 0.977. The largest absolute Gasteiger partial charge is 0.323 e. The fraction of sp³-hybridized carbons (Fsp3) is 0.500. The Hall–Kier alpha value is -0.630. The minimum Gasteiger partial charge on any atom is -0.323 e. The van der Waals surface area contributed by atoms with Gasteiger partial charge in [-0.05, 0) is 13.3 Å². The zero-order valence-corrected chi connectivity index (χ0v) is 5.15. The van der Waals surface area contributed by atoms with E-state index in [1.807, 2.05) is 0 Å². The highest BCUT2D eigenvalue weighted by Gasteiger charge is 1.98. The van der Waals surface area contributed by atoms with Crippen molar-refractivity contribution in [3.8, 4) is 0 Å². The summed E-state index contributed by atoms with van der Waals surface area (Å²) in [5, 5.41) is 7.03. The van der Waals surface area contributed by atoms with Crippen molar-refractivity contribution in [1.29, 1.82) is 5.41 Å². The number of hydrogen-bond donors (Lipinski definition) is 2. The van der Waals surface area contributed by atoms with Gasteiger partial charge >= 0.3 is 0 Å². The van der Waals surface area contributed by atoms with Crippen LogP contribution in [-0.4, -0.2) is 11.8 Å². The highest BCUT2D eigenvalue weighted by Crippen LogP contribution is 1.88. The Morgan fingerprint density at radius 1 is 2.00 bits per heavy atom. The first-order valence-corrected chi connectivity index (χ1v) is 2.60. The standard InChI is InChI=1S/C6H12N2/c1-3-4-6(8)5(2)7/h3,6-7H,1,4,8H2,2H3. The second kappa shape index (κ2) is 3.38. The Balaban J connectivity index is 3.46. The third kappa shape index (κ3) is 2.53. The van der Waals surface area contributed by atoms with E-state index in [1.54, 1.807) is 13.0 Å². The Labute approximate surface area is 49.9 Å². The van der Waals surface area contributed by atoms with E-state index in [1.165, 1.54) is 0 Å². The smallest absolute Gasteiger partial charge is 0.0455 e. The highest BCUT2D eigenvalue weighted by molar-refractivity contribution is 5.84. The van der Waals surface area contributed by atoms with Crippen molar-refractivity contribution >= 4 is 5.71 Å². The number of hydrogen-bond acceptors (Lipinski definition) is 2. The summed E-state index contributed by atoms with van der Waals surface area (Å²) >= 11 is 0. The normalized spacial score (nSPS) is 12.8. The van der Waals surface area contributed by atoms with E-state index in [0.29, 0.717) is 12.1 Å². The van der Waals surface area contributed by atoms with Crippen LogP contribution in [0.4, 0.5) is 0 Å². The van der Waals surface area contributed by atoms with Gasteiger partial charge in [-0.3, -0.25) is 0 Å². The molecule has 0 aromatic heterocycles. The lowest BCUT2D eigenvalue weighted by Crippen LogP contribution is -2.26. The summed E-state index contributed by atoms with van der Waals surface area (Å²) in [4.78, 5) is 0. The predicted molar refractivity (Wildman–Crippen MR) is 36.2 cm³/mol. The van der Waals surface area contributed by atoms with E-state index in [4.69, 9.17) is 11.1 Å². The summed E-state index contributed by atoms with van der Waals surface area (Å²) < 4.78 is 0. The zero-order chi connectivity index (χ0) is 6.57. The molecule has 0 rings (SSSR count). The summed E-state index contributed by atoms with van der Waals surface area (Å²) in [6.07, 6.45) is 2.43. The van der Waals surface area contributed by atoms with Crippen molar-refractivity contribution in [3.63, 3.8) is 0 Å². The van der Waals surface area contributed by atoms with E-state index in [9.17, 15) is 0 Å². The van der Waals surface area contributed by atoms with Crippen molar-refractivity contribution < 1.29 is 0 Å². The average molecular weight is 112 g/mol. The van der Waals surface area contributed by atoms with Crippen LogP contribution in [0, 0.1) is 5.41 Å².